The van der Waals surface area contributed by atoms with Crippen LogP contribution in [0, 0.1) is 0 Å². The van der Waals surface area contributed by atoms with E-state index in [1.54, 1.807) is 0 Å². The molecule has 4 nitrogen and oxygen atoms in total. The van der Waals surface area contributed by atoms with E-state index in [1.807, 2.05) is 6.92 Å². The molecule has 0 saturated heterocycles. The van der Waals surface area contributed by atoms with E-state index in [0.717, 1.165) is 25.2 Å². The second-order valence-corrected chi connectivity index (χ2v) is 3.33. The fourth-order valence-corrected chi connectivity index (χ4v) is 1.31. The molecular weight excluding hydrogens is 200 g/mol. The van der Waals surface area contributed by atoms with Crippen LogP contribution in [0.15, 0.2) is 0 Å². The highest BCUT2D eigenvalue weighted by molar-refractivity contribution is 6.32. The molecule has 0 aromatic carbocycles. The lowest BCUT2D eigenvalue weighted by Gasteiger charge is -2.08. The van der Waals surface area contributed by atoms with Crippen molar-refractivity contribution in [3.05, 3.63) is 11.0 Å². The minimum Gasteiger partial charge on any atom is -0.393 e. The summed E-state index contributed by atoms with van der Waals surface area (Å²) in [5.74, 6) is 1.37. The van der Waals surface area contributed by atoms with Gasteiger partial charge in [-0.05, 0) is 13.3 Å². The lowest BCUT2D eigenvalue weighted by molar-refractivity contribution is 0.836. The molecule has 0 aliphatic rings. The van der Waals surface area contributed by atoms with Gasteiger partial charge < -0.3 is 11.1 Å². The zero-order valence-electron chi connectivity index (χ0n) is 8.47. The van der Waals surface area contributed by atoms with Crippen LogP contribution in [-0.4, -0.2) is 16.5 Å². The second kappa shape index (κ2) is 5.00. The summed E-state index contributed by atoms with van der Waals surface area (Å²) >= 11 is 5.87. The Morgan fingerprint density at radius 2 is 2.07 bits per heavy atom. The maximum atomic E-state index is 5.87. The van der Waals surface area contributed by atoms with E-state index in [4.69, 9.17) is 17.3 Å². The predicted octanol–water partition coefficient (Wildman–Crippen LogP) is 2.10. The van der Waals surface area contributed by atoms with Gasteiger partial charge in [0.25, 0.3) is 0 Å². The molecule has 1 aromatic heterocycles. The number of halogens is 1. The molecule has 3 N–H and O–H groups in total. The monoisotopic (exact) mass is 214 g/mol. The SMILES string of the molecule is CCCc1nc(Cl)c(N)c(NCC)n1. The fraction of sp³-hybridized carbons (Fsp3) is 0.556. The smallest absolute Gasteiger partial charge is 0.157 e. The van der Waals surface area contributed by atoms with Gasteiger partial charge in [-0.1, -0.05) is 18.5 Å². The molecule has 0 saturated carbocycles. The summed E-state index contributed by atoms with van der Waals surface area (Å²) in [6.07, 6.45) is 1.81. The van der Waals surface area contributed by atoms with Crippen molar-refractivity contribution in [2.24, 2.45) is 0 Å². The van der Waals surface area contributed by atoms with Crippen molar-refractivity contribution < 1.29 is 0 Å². The third-order valence-corrected chi connectivity index (χ3v) is 2.05. The van der Waals surface area contributed by atoms with Crippen LogP contribution < -0.4 is 11.1 Å². The van der Waals surface area contributed by atoms with Gasteiger partial charge in [0, 0.05) is 13.0 Å². The third kappa shape index (κ3) is 2.48. The van der Waals surface area contributed by atoms with E-state index >= 15 is 0 Å². The third-order valence-electron chi connectivity index (χ3n) is 1.76. The Bertz CT molecular complexity index is 314. The Labute approximate surface area is 88.9 Å². The van der Waals surface area contributed by atoms with Gasteiger partial charge in [-0.25, -0.2) is 9.97 Å². The van der Waals surface area contributed by atoms with Gasteiger partial charge in [-0.15, -0.1) is 0 Å². The van der Waals surface area contributed by atoms with Crippen LogP contribution in [0.4, 0.5) is 11.5 Å². The number of anilines is 2. The van der Waals surface area contributed by atoms with Gasteiger partial charge >= 0.3 is 0 Å². The number of hydrogen-bond acceptors (Lipinski definition) is 4. The molecular formula is C9H15ClN4. The van der Waals surface area contributed by atoms with E-state index in [0.29, 0.717) is 16.7 Å². The first-order valence-electron chi connectivity index (χ1n) is 4.74. The average molecular weight is 215 g/mol. The van der Waals surface area contributed by atoms with Gasteiger partial charge in [-0.2, -0.15) is 0 Å². The highest BCUT2D eigenvalue weighted by Crippen LogP contribution is 2.23. The molecule has 14 heavy (non-hydrogen) atoms. The molecule has 0 bridgehead atoms. The lowest BCUT2D eigenvalue weighted by atomic mass is 10.3. The van der Waals surface area contributed by atoms with Crippen LogP contribution in [0.5, 0.6) is 0 Å². The number of nitrogens with one attached hydrogen (secondary N) is 1. The highest BCUT2D eigenvalue weighted by Gasteiger charge is 2.08. The summed E-state index contributed by atoms with van der Waals surface area (Å²) in [5, 5.41) is 3.39. The maximum absolute atomic E-state index is 5.87. The van der Waals surface area contributed by atoms with E-state index < -0.39 is 0 Å². The van der Waals surface area contributed by atoms with Crippen LogP contribution in [0.3, 0.4) is 0 Å². The standard InChI is InChI=1S/C9H15ClN4/c1-3-5-6-13-8(10)7(11)9(14-6)12-4-2/h3-5,11H2,1-2H3,(H,12,13,14). The Morgan fingerprint density at radius 1 is 1.36 bits per heavy atom. The summed E-state index contributed by atoms with van der Waals surface area (Å²) in [6.45, 7) is 4.82. The van der Waals surface area contributed by atoms with E-state index in [9.17, 15) is 0 Å². The van der Waals surface area contributed by atoms with Crippen LogP contribution >= 0.6 is 11.6 Å². The molecule has 5 heteroatoms. The van der Waals surface area contributed by atoms with Gasteiger partial charge in [0.05, 0.1) is 0 Å². The largest absolute Gasteiger partial charge is 0.393 e. The van der Waals surface area contributed by atoms with Crippen molar-refractivity contribution in [3.8, 4) is 0 Å². The molecule has 0 radical (unpaired) electrons. The fourth-order valence-electron chi connectivity index (χ4n) is 1.12. The molecule has 0 aliphatic heterocycles. The Hall–Kier alpha value is -1.03. The van der Waals surface area contributed by atoms with Gasteiger partial charge in [-0.3, -0.25) is 0 Å². The van der Waals surface area contributed by atoms with Gasteiger partial charge in [0.15, 0.2) is 11.0 Å². The molecule has 0 atom stereocenters. The summed E-state index contributed by atoms with van der Waals surface area (Å²) in [5.41, 5.74) is 6.14. The number of aryl methyl sites for hydroxylation is 1. The van der Waals surface area contributed by atoms with Crippen LogP contribution in [0.1, 0.15) is 26.1 Å². The quantitative estimate of drug-likeness (QED) is 0.754. The molecule has 78 valence electrons. The number of aromatic nitrogens is 2. The van der Waals surface area contributed by atoms with Crippen molar-refractivity contribution in [3.63, 3.8) is 0 Å². The van der Waals surface area contributed by atoms with E-state index in [1.165, 1.54) is 0 Å². The van der Waals surface area contributed by atoms with E-state index in [2.05, 4.69) is 22.2 Å². The second-order valence-electron chi connectivity index (χ2n) is 2.97. The number of nitrogen functional groups attached to an aromatic ring is 1. The molecule has 0 amide bonds. The van der Waals surface area contributed by atoms with Crippen molar-refractivity contribution in [1.82, 2.24) is 9.97 Å². The normalized spacial score (nSPS) is 10.2. The first kappa shape index (κ1) is 11.0. The minimum absolute atomic E-state index is 0.333. The van der Waals surface area contributed by atoms with Crippen LogP contribution in [0.25, 0.3) is 0 Å². The van der Waals surface area contributed by atoms with Crippen molar-refractivity contribution in [2.75, 3.05) is 17.6 Å². The molecule has 0 unspecified atom stereocenters. The first-order chi connectivity index (χ1) is 6.69. The average Bonchev–Trinajstić information content (AvgIpc) is 2.14. The summed E-state index contributed by atoms with van der Waals surface area (Å²) in [7, 11) is 0. The lowest BCUT2D eigenvalue weighted by Crippen LogP contribution is -2.08. The molecule has 1 aromatic rings. The van der Waals surface area contributed by atoms with Crippen LogP contribution in [0.2, 0.25) is 5.15 Å². The Balaban J connectivity index is 3.01. The first-order valence-corrected chi connectivity index (χ1v) is 5.12. The number of nitrogens with zero attached hydrogens (tertiary/aromatic N) is 2. The van der Waals surface area contributed by atoms with Crippen LogP contribution in [-0.2, 0) is 6.42 Å². The maximum Gasteiger partial charge on any atom is 0.157 e. The molecule has 0 spiro atoms. The van der Waals surface area contributed by atoms with Crippen molar-refractivity contribution in [2.45, 2.75) is 26.7 Å². The number of hydrogen-bond donors (Lipinski definition) is 2. The Morgan fingerprint density at radius 3 is 2.64 bits per heavy atom. The van der Waals surface area contributed by atoms with Gasteiger partial charge in [0.1, 0.15) is 11.5 Å². The summed E-state index contributed by atoms with van der Waals surface area (Å²) in [4.78, 5) is 8.38. The topological polar surface area (TPSA) is 63.8 Å². The zero-order chi connectivity index (χ0) is 10.6. The van der Waals surface area contributed by atoms with Crippen molar-refractivity contribution >= 4 is 23.1 Å². The Kier molecular flexibility index (Phi) is 3.95. The molecule has 0 aliphatic carbocycles. The summed E-state index contributed by atoms with van der Waals surface area (Å²) < 4.78 is 0. The highest BCUT2D eigenvalue weighted by atomic mass is 35.5. The summed E-state index contributed by atoms with van der Waals surface area (Å²) in [6, 6.07) is 0. The molecule has 0 fully saturated rings. The van der Waals surface area contributed by atoms with Gasteiger partial charge in [0.2, 0.25) is 0 Å². The predicted molar refractivity (Wildman–Crippen MR) is 59.6 cm³/mol. The number of rotatable bonds is 4. The molecule has 1 rings (SSSR count). The van der Waals surface area contributed by atoms with Crippen molar-refractivity contribution in [1.29, 1.82) is 0 Å². The zero-order valence-corrected chi connectivity index (χ0v) is 9.23. The van der Waals surface area contributed by atoms with E-state index in [-0.39, 0.29) is 0 Å². The number of nitrogens with two attached hydrogens (primary N) is 1. The minimum atomic E-state index is 0.333. The molecule has 1 heterocycles.